The highest BCUT2D eigenvalue weighted by Gasteiger charge is 2.17. The number of hydrogen-bond acceptors (Lipinski definition) is 3. The number of rotatable bonds is 8. The van der Waals surface area contributed by atoms with Crippen molar-refractivity contribution in [1.29, 1.82) is 0 Å². The van der Waals surface area contributed by atoms with Gasteiger partial charge in [0, 0.05) is 42.8 Å². The monoisotopic (exact) mass is 366 g/mol. The van der Waals surface area contributed by atoms with E-state index < -0.39 is 10.0 Å². The largest absolute Gasteiger partial charge is 0.361 e. The molecule has 0 atom stereocenters. The number of sulfonamides is 1. The van der Waals surface area contributed by atoms with Crippen LogP contribution in [0.25, 0.3) is 10.9 Å². The molecule has 0 saturated carbocycles. The Labute approximate surface area is 148 Å². The van der Waals surface area contributed by atoms with Crippen molar-refractivity contribution in [3.8, 4) is 0 Å². The number of benzene rings is 1. The third-order valence-electron chi connectivity index (χ3n) is 3.84. The van der Waals surface area contributed by atoms with E-state index in [2.05, 4.69) is 15.6 Å². The first kappa shape index (κ1) is 19.3. The summed E-state index contributed by atoms with van der Waals surface area (Å²) in [4.78, 5) is 14.8. The highest BCUT2D eigenvalue weighted by Crippen LogP contribution is 2.18. The third-order valence-corrected chi connectivity index (χ3v) is 5.14. The van der Waals surface area contributed by atoms with Crippen LogP contribution in [0.3, 0.4) is 0 Å². The van der Waals surface area contributed by atoms with Crippen LogP contribution in [-0.2, 0) is 16.4 Å². The molecular formula is C17H26N4O3S. The van der Waals surface area contributed by atoms with Gasteiger partial charge in [0.25, 0.3) is 0 Å². The van der Waals surface area contributed by atoms with Crippen LogP contribution < -0.4 is 10.6 Å². The molecule has 2 rings (SSSR count). The molecule has 0 saturated heterocycles. The van der Waals surface area contributed by atoms with Gasteiger partial charge in [-0.15, -0.1) is 0 Å². The minimum absolute atomic E-state index is 0.0351. The number of fused-ring (bicyclic) bond motifs is 1. The summed E-state index contributed by atoms with van der Waals surface area (Å²) in [6.07, 6.45) is 3.71. The molecule has 3 N–H and O–H groups in total. The molecule has 0 spiro atoms. The van der Waals surface area contributed by atoms with Crippen molar-refractivity contribution in [3.63, 3.8) is 0 Å². The number of carbonyl (C=O) groups excluding carboxylic acids is 1. The van der Waals surface area contributed by atoms with Crippen LogP contribution in [0.5, 0.6) is 0 Å². The fourth-order valence-corrected chi connectivity index (χ4v) is 3.48. The van der Waals surface area contributed by atoms with Gasteiger partial charge in [-0.2, -0.15) is 0 Å². The summed E-state index contributed by atoms with van der Waals surface area (Å²) in [7, 11) is -3.34. The van der Waals surface area contributed by atoms with Gasteiger partial charge in [-0.25, -0.2) is 17.5 Å². The smallest absolute Gasteiger partial charge is 0.315 e. The van der Waals surface area contributed by atoms with E-state index in [0.29, 0.717) is 13.0 Å². The molecule has 0 unspecified atom stereocenters. The Hall–Kier alpha value is -2.06. The maximum atomic E-state index is 12.0. The van der Waals surface area contributed by atoms with E-state index in [-0.39, 0.29) is 25.2 Å². The predicted octanol–water partition coefficient (Wildman–Crippen LogP) is 1.68. The van der Waals surface area contributed by atoms with Gasteiger partial charge in [0.1, 0.15) is 0 Å². The van der Waals surface area contributed by atoms with Gasteiger partial charge in [0.05, 0.1) is 6.26 Å². The molecule has 138 valence electrons. The number of hydrogen-bond donors (Lipinski definition) is 3. The van der Waals surface area contributed by atoms with Crippen molar-refractivity contribution in [2.24, 2.45) is 0 Å². The normalized spacial score (nSPS) is 12.0. The van der Waals surface area contributed by atoms with Crippen molar-refractivity contribution >= 4 is 27.0 Å². The van der Waals surface area contributed by atoms with Crippen molar-refractivity contribution in [2.45, 2.75) is 26.3 Å². The van der Waals surface area contributed by atoms with Gasteiger partial charge < -0.3 is 15.6 Å². The number of carbonyl (C=O) groups is 1. The second-order valence-electron chi connectivity index (χ2n) is 6.33. The number of nitrogens with zero attached hydrogens (tertiary/aromatic N) is 1. The molecule has 1 heterocycles. The summed E-state index contributed by atoms with van der Waals surface area (Å²) >= 11 is 0. The standard InChI is InChI=1S/C17H26N4O3S/c1-13(2)20-17(22)18-9-11-21(25(3,23)24)10-8-14-12-19-16-7-5-4-6-15(14)16/h4-7,12-13,19H,8-11H2,1-3H3,(H2,18,20,22). The maximum absolute atomic E-state index is 12.0. The zero-order chi connectivity index (χ0) is 18.4. The number of nitrogens with one attached hydrogen (secondary N) is 3. The Morgan fingerprint density at radius 1 is 1.24 bits per heavy atom. The Kier molecular flexibility index (Phi) is 6.44. The quantitative estimate of drug-likeness (QED) is 0.663. The van der Waals surface area contributed by atoms with E-state index in [1.807, 2.05) is 44.3 Å². The van der Waals surface area contributed by atoms with Gasteiger partial charge in [-0.3, -0.25) is 0 Å². The topological polar surface area (TPSA) is 94.3 Å². The average molecular weight is 366 g/mol. The van der Waals surface area contributed by atoms with Crippen LogP contribution in [0.1, 0.15) is 19.4 Å². The van der Waals surface area contributed by atoms with Crippen molar-refractivity contribution < 1.29 is 13.2 Å². The Morgan fingerprint density at radius 2 is 1.96 bits per heavy atom. The summed E-state index contributed by atoms with van der Waals surface area (Å²) < 4.78 is 25.4. The zero-order valence-corrected chi connectivity index (χ0v) is 15.7. The zero-order valence-electron chi connectivity index (χ0n) is 14.9. The summed E-state index contributed by atoms with van der Waals surface area (Å²) in [6, 6.07) is 7.67. The van der Waals surface area contributed by atoms with Crippen molar-refractivity contribution in [3.05, 3.63) is 36.0 Å². The minimum atomic E-state index is -3.34. The van der Waals surface area contributed by atoms with E-state index in [0.717, 1.165) is 16.5 Å². The fraction of sp³-hybridized carbons (Fsp3) is 0.471. The Bertz CT molecular complexity index is 814. The molecule has 2 aromatic rings. The maximum Gasteiger partial charge on any atom is 0.315 e. The molecule has 8 heteroatoms. The molecule has 0 bridgehead atoms. The molecule has 0 fully saturated rings. The number of aromatic amines is 1. The molecular weight excluding hydrogens is 340 g/mol. The Balaban J connectivity index is 1.93. The van der Waals surface area contributed by atoms with Gasteiger partial charge in [0.15, 0.2) is 0 Å². The third kappa shape index (κ3) is 5.75. The SMILES string of the molecule is CC(C)NC(=O)NCCN(CCc1c[nH]c2ccccc12)S(C)(=O)=O. The van der Waals surface area contributed by atoms with E-state index in [4.69, 9.17) is 0 Å². The molecule has 0 aliphatic rings. The number of aromatic nitrogens is 1. The van der Waals surface area contributed by atoms with Crippen LogP contribution in [0.2, 0.25) is 0 Å². The lowest BCUT2D eigenvalue weighted by molar-refractivity contribution is 0.237. The Morgan fingerprint density at radius 3 is 2.64 bits per heavy atom. The van der Waals surface area contributed by atoms with Crippen LogP contribution >= 0.6 is 0 Å². The van der Waals surface area contributed by atoms with Crippen LogP contribution in [0.15, 0.2) is 30.5 Å². The van der Waals surface area contributed by atoms with Crippen LogP contribution in [0.4, 0.5) is 4.79 Å². The van der Waals surface area contributed by atoms with E-state index in [1.54, 1.807) is 0 Å². The van der Waals surface area contributed by atoms with E-state index >= 15 is 0 Å². The highest BCUT2D eigenvalue weighted by atomic mass is 32.2. The van der Waals surface area contributed by atoms with Gasteiger partial charge in [-0.05, 0) is 31.9 Å². The predicted molar refractivity (Wildman–Crippen MR) is 100 cm³/mol. The highest BCUT2D eigenvalue weighted by molar-refractivity contribution is 7.88. The fourth-order valence-electron chi connectivity index (χ4n) is 2.63. The molecule has 0 aliphatic heterocycles. The lowest BCUT2D eigenvalue weighted by Crippen LogP contribution is -2.44. The van der Waals surface area contributed by atoms with E-state index in [1.165, 1.54) is 10.6 Å². The average Bonchev–Trinajstić information content (AvgIpc) is 2.92. The number of amides is 2. The molecule has 0 radical (unpaired) electrons. The van der Waals surface area contributed by atoms with Crippen LogP contribution in [-0.4, -0.2) is 55.7 Å². The second-order valence-corrected chi connectivity index (χ2v) is 8.31. The van der Waals surface area contributed by atoms with Crippen molar-refractivity contribution in [2.75, 3.05) is 25.9 Å². The second kappa shape index (κ2) is 8.35. The van der Waals surface area contributed by atoms with Gasteiger partial charge >= 0.3 is 6.03 Å². The summed E-state index contributed by atoms with van der Waals surface area (Å²) in [6.45, 7) is 4.60. The number of para-hydroxylation sites is 1. The van der Waals surface area contributed by atoms with Gasteiger partial charge in [-0.1, -0.05) is 18.2 Å². The first-order valence-electron chi connectivity index (χ1n) is 8.32. The molecule has 1 aromatic carbocycles. The van der Waals surface area contributed by atoms with Crippen molar-refractivity contribution in [1.82, 2.24) is 19.9 Å². The molecule has 2 amide bonds. The first-order valence-corrected chi connectivity index (χ1v) is 10.2. The molecule has 7 nitrogen and oxygen atoms in total. The summed E-state index contributed by atoms with van der Waals surface area (Å²) in [5.41, 5.74) is 2.12. The first-order chi connectivity index (χ1) is 11.8. The number of H-pyrrole nitrogens is 1. The summed E-state index contributed by atoms with van der Waals surface area (Å²) in [5.74, 6) is 0. The molecule has 0 aliphatic carbocycles. The molecule has 25 heavy (non-hydrogen) atoms. The van der Waals surface area contributed by atoms with Gasteiger partial charge in [0.2, 0.25) is 10.0 Å². The number of urea groups is 1. The minimum Gasteiger partial charge on any atom is -0.361 e. The molecule has 1 aromatic heterocycles. The summed E-state index contributed by atoms with van der Waals surface area (Å²) in [5, 5.41) is 6.49. The van der Waals surface area contributed by atoms with Crippen LogP contribution in [0, 0.1) is 0 Å². The lowest BCUT2D eigenvalue weighted by Gasteiger charge is -2.20. The lowest BCUT2D eigenvalue weighted by atomic mass is 10.1. The van der Waals surface area contributed by atoms with E-state index in [9.17, 15) is 13.2 Å².